The maximum absolute atomic E-state index is 12.5. The number of nitrogens with one attached hydrogen (secondary N) is 2. The van der Waals surface area contributed by atoms with Crippen LogP contribution >= 0.6 is 11.6 Å². The predicted molar refractivity (Wildman–Crippen MR) is 107 cm³/mol. The van der Waals surface area contributed by atoms with E-state index in [9.17, 15) is 9.59 Å². The molecular formula is C20H23ClN2O4. The van der Waals surface area contributed by atoms with E-state index in [1.54, 1.807) is 56.5 Å². The molecule has 0 bridgehead atoms. The molecule has 2 N–H and O–H groups in total. The molecule has 0 radical (unpaired) electrons. The van der Waals surface area contributed by atoms with Crippen LogP contribution in [0.25, 0.3) is 0 Å². The molecule has 0 heterocycles. The van der Waals surface area contributed by atoms with Crippen LogP contribution < -0.4 is 20.1 Å². The summed E-state index contributed by atoms with van der Waals surface area (Å²) in [7, 11) is 1.58. The Bertz CT molecular complexity index is 778. The second kappa shape index (κ2) is 10.4. The number of alkyl halides is 1. The fraction of sp³-hybridized carbons (Fsp3) is 0.300. The molecule has 0 saturated carbocycles. The van der Waals surface area contributed by atoms with Gasteiger partial charge in [-0.1, -0.05) is 6.92 Å². The molecule has 0 aromatic heterocycles. The summed E-state index contributed by atoms with van der Waals surface area (Å²) in [4.78, 5) is 24.3. The van der Waals surface area contributed by atoms with E-state index in [0.717, 1.165) is 0 Å². The molecule has 2 rings (SSSR count). The van der Waals surface area contributed by atoms with Crippen molar-refractivity contribution in [1.82, 2.24) is 0 Å². The van der Waals surface area contributed by atoms with Crippen LogP contribution in [0.2, 0.25) is 0 Å². The number of halogens is 1. The topological polar surface area (TPSA) is 76.7 Å². The van der Waals surface area contributed by atoms with Crippen molar-refractivity contribution in [2.45, 2.75) is 19.8 Å². The summed E-state index contributed by atoms with van der Waals surface area (Å²) in [6, 6.07) is 11.9. The third-order valence-corrected chi connectivity index (χ3v) is 3.99. The fourth-order valence-corrected chi connectivity index (χ4v) is 2.36. The number of anilines is 2. The zero-order valence-electron chi connectivity index (χ0n) is 15.4. The number of hydrogen-bond donors (Lipinski definition) is 2. The molecule has 0 aliphatic carbocycles. The average molecular weight is 391 g/mol. The van der Waals surface area contributed by atoms with Crippen molar-refractivity contribution >= 4 is 34.8 Å². The minimum absolute atomic E-state index is 0.162. The second-order valence-corrected chi connectivity index (χ2v) is 6.06. The largest absolute Gasteiger partial charge is 0.497 e. The first kappa shape index (κ1) is 20.6. The van der Waals surface area contributed by atoms with E-state index in [2.05, 4.69) is 10.6 Å². The fourth-order valence-electron chi connectivity index (χ4n) is 2.25. The molecule has 0 unspecified atom stereocenters. The van der Waals surface area contributed by atoms with Gasteiger partial charge in [-0.2, -0.15) is 0 Å². The molecule has 0 saturated heterocycles. The normalized spacial score (nSPS) is 10.2. The van der Waals surface area contributed by atoms with Gasteiger partial charge >= 0.3 is 0 Å². The van der Waals surface area contributed by atoms with Crippen LogP contribution in [0.1, 0.15) is 30.1 Å². The maximum Gasteiger partial charge on any atom is 0.255 e. The van der Waals surface area contributed by atoms with Crippen molar-refractivity contribution in [3.8, 4) is 11.5 Å². The van der Waals surface area contributed by atoms with E-state index in [4.69, 9.17) is 21.1 Å². The van der Waals surface area contributed by atoms with Crippen molar-refractivity contribution < 1.29 is 19.1 Å². The summed E-state index contributed by atoms with van der Waals surface area (Å²) in [6.45, 7) is 2.18. The van der Waals surface area contributed by atoms with Gasteiger partial charge in [0.1, 0.15) is 11.5 Å². The zero-order chi connectivity index (χ0) is 19.6. The maximum atomic E-state index is 12.5. The van der Waals surface area contributed by atoms with Crippen LogP contribution in [-0.2, 0) is 4.79 Å². The Morgan fingerprint density at radius 1 is 1.07 bits per heavy atom. The highest BCUT2D eigenvalue weighted by Crippen LogP contribution is 2.27. The first-order valence-corrected chi connectivity index (χ1v) is 9.19. The number of carbonyl (C=O) groups is 2. The Balaban J connectivity index is 2.17. The van der Waals surface area contributed by atoms with Gasteiger partial charge < -0.3 is 20.1 Å². The smallest absolute Gasteiger partial charge is 0.255 e. The Morgan fingerprint density at radius 3 is 2.44 bits per heavy atom. The summed E-state index contributed by atoms with van der Waals surface area (Å²) < 4.78 is 10.8. The average Bonchev–Trinajstić information content (AvgIpc) is 2.69. The van der Waals surface area contributed by atoms with Gasteiger partial charge in [-0.05, 0) is 48.9 Å². The molecule has 0 aliphatic rings. The van der Waals surface area contributed by atoms with Gasteiger partial charge in [-0.15, -0.1) is 11.6 Å². The van der Waals surface area contributed by atoms with Crippen LogP contribution in [0.3, 0.4) is 0 Å². The lowest BCUT2D eigenvalue weighted by atomic mass is 10.1. The summed E-state index contributed by atoms with van der Waals surface area (Å²) in [5, 5.41) is 5.58. The van der Waals surface area contributed by atoms with Crippen molar-refractivity contribution in [1.29, 1.82) is 0 Å². The Morgan fingerprint density at radius 2 is 1.81 bits per heavy atom. The minimum atomic E-state index is -0.292. The Kier molecular flexibility index (Phi) is 7.95. The van der Waals surface area contributed by atoms with Gasteiger partial charge in [0.25, 0.3) is 5.91 Å². The highest BCUT2D eigenvalue weighted by molar-refractivity contribution is 6.17. The SMILES string of the molecule is CCC(=O)Nc1cc(C(=O)Nc2ccc(OC)cc2)ccc1OCCCCl. The standard InChI is InChI=1S/C20H23ClN2O4/c1-3-19(24)23-17-13-14(5-10-18(17)27-12-4-11-21)20(25)22-15-6-8-16(26-2)9-7-15/h5-10,13H,3-4,11-12H2,1-2H3,(H,22,25)(H,23,24). The molecule has 0 aliphatic heterocycles. The van der Waals surface area contributed by atoms with Gasteiger partial charge in [-0.25, -0.2) is 0 Å². The zero-order valence-corrected chi connectivity index (χ0v) is 16.1. The number of amides is 2. The Labute approximate surface area is 163 Å². The Hall–Kier alpha value is -2.73. The molecule has 2 aromatic rings. The minimum Gasteiger partial charge on any atom is -0.497 e. The predicted octanol–water partition coefficient (Wildman–Crippen LogP) is 4.30. The van der Waals surface area contributed by atoms with Crippen molar-refractivity contribution in [2.24, 2.45) is 0 Å². The number of methoxy groups -OCH3 is 1. The van der Waals surface area contributed by atoms with E-state index in [-0.39, 0.29) is 11.8 Å². The van der Waals surface area contributed by atoms with Gasteiger partial charge in [0.2, 0.25) is 5.91 Å². The van der Waals surface area contributed by atoms with E-state index in [1.165, 1.54) is 0 Å². The lowest BCUT2D eigenvalue weighted by Gasteiger charge is -2.14. The van der Waals surface area contributed by atoms with Crippen LogP contribution in [0.15, 0.2) is 42.5 Å². The third-order valence-electron chi connectivity index (χ3n) is 3.72. The quantitative estimate of drug-likeness (QED) is 0.494. The van der Waals surface area contributed by atoms with Crippen LogP contribution in [0.4, 0.5) is 11.4 Å². The molecular weight excluding hydrogens is 368 g/mol. The van der Waals surface area contributed by atoms with E-state index < -0.39 is 0 Å². The molecule has 2 amide bonds. The van der Waals surface area contributed by atoms with Crippen LogP contribution in [-0.4, -0.2) is 31.4 Å². The number of ether oxygens (including phenoxy) is 2. The highest BCUT2D eigenvalue weighted by atomic mass is 35.5. The number of rotatable bonds is 9. The third kappa shape index (κ3) is 6.18. The van der Waals surface area contributed by atoms with Crippen molar-refractivity contribution in [3.05, 3.63) is 48.0 Å². The number of hydrogen-bond acceptors (Lipinski definition) is 4. The van der Waals surface area contributed by atoms with E-state index >= 15 is 0 Å². The number of benzene rings is 2. The first-order chi connectivity index (χ1) is 13.1. The lowest BCUT2D eigenvalue weighted by molar-refractivity contribution is -0.115. The van der Waals surface area contributed by atoms with E-state index in [0.29, 0.717) is 53.8 Å². The van der Waals surface area contributed by atoms with Gasteiger partial charge in [0.05, 0.1) is 19.4 Å². The summed E-state index contributed by atoms with van der Waals surface area (Å²) in [5.41, 5.74) is 1.50. The summed E-state index contributed by atoms with van der Waals surface area (Å²) in [5.74, 6) is 1.24. The molecule has 0 atom stereocenters. The highest BCUT2D eigenvalue weighted by Gasteiger charge is 2.13. The second-order valence-electron chi connectivity index (χ2n) is 5.69. The van der Waals surface area contributed by atoms with E-state index in [1.807, 2.05) is 0 Å². The monoisotopic (exact) mass is 390 g/mol. The van der Waals surface area contributed by atoms with Crippen LogP contribution in [0.5, 0.6) is 11.5 Å². The summed E-state index contributed by atoms with van der Waals surface area (Å²) in [6.07, 6.45) is 1.01. The van der Waals surface area contributed by atoms with Crippen LogP contribution in [0, 0.1) is 0 Å². The van der Waals surface area contributed by atoms with Crippen molar-refractivity contribution in [2.75, 3.05) is 30.2 Å². The summed E-state index contributed by atoms with van der Waals surface area (Å²) >= 11 is 5.67. The molecule has 27 heavy (non-hydrogen) atoms. The first-order valence-electron chi connectivity index (χ1n) is 8.65. The molecule has 7 heteroatoms. The molecule has 0 spiro atoms. The lowest BCUT2D eigenvalue weighted by Crippen LogP contribution is -2.15. The molecule has 144 valence electrons. The van der Waals surface area contributed by atoms with Gasteiger partial charge in [-0.3, -0.25) is 9.59 Å². The molecule has 2 aromatic carbocycles. The molecule has 0 fully saturated rings. The van der Waals surface area contributed by atoms with Crippen molar-refractivity contribution in [3.63, 3.8) is 0 Å². The molecule has 6 nitrogen and oxygen atoms in total. The number of carbonyl (C=O) groups excluding carboxylic acids is 2. The van der Waals surface area contributed by atoms with Gasteiger partial charge in [0, 0.05) is 23.6 Å². The van der Waals surface area contributed by atoms with Gasteiger partial charge in [0.15, 0.2) is 0 Å².